The number of carbonyl (C=O) groups is 1. The van der Waals surface area contributed by atoms with E-state index in [0.717, 1.165) is 19.4 Å². The molecule has 0 bridgehead atoms. The minimum atomic E-state index is -0.234. The standard InChI is InChI=1S/C13H26N2O3/c1-5-15(10(2)9-17-3)8-12(13(16)18-4)14-11-6-7-11/h10-12,14H,5-9H2,1-4H3. The molecular formula is C13H26N2O3. The molecule has 5 heteroatoms. The number of methoxy groups -OCH3 is 2. The number of likely N-dealkylation sites (N-methyl/N-ethyl adjacent to an activating group) is 1. The molecular weight excluding hydrogens is 232 g/mol. The van der Waals surface area contributed by atoms with Gasteiger partial charge in [0.25, 0.3) is 0 Å². The fourth-order valence-electron chi connectivity index (χ4n) is 2.07. The van der Waals surface area contributed by atoms with Crippen molar-refractivity contribution in [1.82, 2.24) is 10.2 Å². The molecule has 1 rings (SSSR count). The minimum absolute atomic E-state index is 0.176. The molecule has 18 heavy (non-hydrogen) atoms. The summed E-state index contributed by atoms with van der Waals surface area (Å²) in [4.78, 5) is 14.0. The lowest BCUT2D eigenvalue weighted by Crippen LogP contribution is -2.50. The number of ether oxygens (including phenoxy) is 2. The van der Waals surface area contributed by atoms with Crippen LogP contribution in [-0.2, 0) is 14.3 Å². The summed E-state index contributed by atoms with van der Waals surface area (Å²) < 4.78 is 10.0. The van der Waals surface area contributed by atoms with E-state index in [1.165, 1.54) is 7.11 Å². The van der Waals surface area contributed by atoms with E-state index < -0.39 is 0 Å². The lowest BCUT2D eigenvalue weighted by Gasteiger charge is -2.30. The van der Waals surface area contributed by atoms with Crippen LogP contribution in [0.25, 0.3) is 0 Å². The SMILES string of the molecule is CCN(CC(NC1CC1)C(=O)OC)C(C)COC. The molecule has 1 fully saturated rings. The van der Waals surface area contributed by atoms with Gasteiger partial charge in [0, 0.05) is 25.7 Å². The van der Waals surface area contributed by atoms with Gasteiger partial charge in [-0.05, 0) is 26.3 Å². The summed E-state index contributed by atoms with van der Waals surface area (Å²) in [6.45, 7) is 6.44. The molecule has 1 N–H and O–H groups in total. The van der Waals surface area contributed by atoms with Crippen molar-refractivity contribution in [2.75, 3.05) is 33.9 Å². The first-order chi connectivity index (χ1) is 8.62. The van der Waals surface area contributed by atoms with Gasteiger partial charge in [-0.2, -0.15) is 0 Å². The number of rotatable bonds is 9. The van der Waals surface area contributed by atoms with Crippen molar-refractivity contribution in [2.24, 2.45) is 0 Å². The molecule has 5 nitrogen and oxygen atoms in total. The topological polar surface area (TPSA) is 50.8 Å². The molecule has 1 aliphatic carbocycles. The maximum Gasteiger partial charge on any atom is 0.324 e. The third-order valence-electron chi connectivity index (χ3n) is 3.35. The first kappa shape index (κ1) is 15.4. The molecule has 2 unspecified atom stereocenters. The van der Waals surface area contributed by atoms with Crippen LogP contribution >= 0.6 is 0 Å². The van der Waals surface area contributed by atoms with Crippen LogP contribution in [0, 0.1) is 0 Å². The van der Waals surface area contributed by atoms with Crippen LogP contribution in [0.2, 0.25) is 0 Å². The second-order valence-corrected chi connectivity index (χ2v) is 4.91. The van der Waals surface area contributed by atoms with Crippen molar-refractivity contribution in [3.63, 3.8) is 0 Å². The van der Waals surface area contributed by atoms with Gasteiger partial charge in [-0.15, -0.1) is 0 Å². The molecule has 0 saturated heterocycles. The Balaban J connectivity index is 2.52. The van der Waals surface area contributed by atoms with Gasteiger partial charge in [-0.1, -0.05) is 6.92 Å². The number of carbonyl (C=O) groups excluding carboxylic acids is 1. The van der Waals surface area contributed by atoms with E-state index in [4.69, 9.17) is 9.47 Å². The van der Waals surface area contributed by atoms with Gasteiger partial charge < -0.3 is 14.8 Å². The van der Waals surface area contributed by atoms with Crippen LogP contribution in [0.15, 0.2) is 0 Å². The van der Waals surface area contributed by atoms with Crippen LogP contribution in [0.4, 0.5) is 0 Å². The summed E-state index contributed by atoms with van der Waals surface area (Å²) in [6.07, 6.45) is 2.32. The number of nitrogens with zero attached hydrogens (tertiary/aromatic N) is 1. The molecule has 0 aromatic heterocycles. The number of hydrogen-bond acceptors (Lipinski definition) is 5. The zero-order chi connectivity index (χ0) is 13.5. The molecule has 0 heterocycles. The van der Waals surface area contributed by atoms with E-state index in [1.54, 1.807) is 7.11 Å². The van der Waals surface area contributed by atoms with E-state index in [2.05, 4.69) is 24.1 Å². The van der Waals surface area contributed by atoms with E-state index in [9.17, 15) is 4.79 Å². The Kier molecular flexibility index (Phi) is 6.60. The summed E-state index contributed by atoms with van der Waals surface area (Å²) in [5.74, 6) is -0.176. The molecule has 1 saturated carbocycles. The molecule has 0 aliphatic heterocycles. The first-order valence-corrected chi connectivity index (χ1v) is 6.69. The Bertz CT molecular complexity index is 257. The normalized spacial score (nSPS) is 18.7. The zero-order valence-electron chi connectivity index (χ0n) is 11.9. The molecule has 2 atom stereocenters. The largest absolute Gasteiger partial charge is 0.468 e. The summed E-state index contributed by atoms with van der Waals surface area (Å²) in [5, 5.41) is 3.35. The zero-order valence-corrected chi connectivity index (χ0v) is 11.9. The Morgan fingerprint density at radius 1 is 1.44 bits per heavy atom. The number of esters is 1. The maximum absolute atomic E-state index is 11.8. The van der Waals surface area contributed by atoms with Crippen molar-refractivity contribution in [1.29, 1.82) is 0 Å². The Morgan fingerprint density at radius 2 is 2.11 bits per heavy atom. The highest BCUT2D eigenvalue weighted by Crippen LogP contribution is 2.20. The van der Waals surface area contributed by atoms with Crippen LogP contribution < -0.4 is 5.32 Å². The third-order valence-corrected chi connectivity index (χ3v) is 3.35. The summed E-state index contributed by atoms with van der Waals surface area (Å²) in [5.41, 5.74) is 0. The van der Waals surface area contributed by atoms with E-state index in [1.807, 2.05) is 0 Å². The van der Waals surface area contributed by atoms with Gasteiger partial charge in [0.15, 0.2) is 0 Å². The molecule has 106 valence electrons. The average Bonchev–Trinajstić information content (AvgIpc) is 3.17. The average molecular weight is 258 g/mol. The van der Waals surface area contributed by atoms with Gasteiger partial charge in [0.05, 0.1) is 13.7 Å². The van der Waals surface area contributed by atoms with Gasteiger partial charge in [0.2, 0.25) is 0 Å². The second kappa shape index (κ2) is 7.71. The predicted molar refractivity (Wildman–Crippen MR) is 70.5 cm³/mol. The lowest BCUT2D eigenvalue weighted by molar-refractivity contribution is -0.144. The lowest BCUT2D eigenvalue weighted by atomic mass is 10.2. The maximum atomic E-state index is 11.8. The first-order valence-electron chi connectivity index (χ1n) is 6.69. The highest BCUT2D eigenvalue weighted by Gasteiger charge is 2.30. The van der Waals surface area contributed by atoms with Gasteiger partial charge >= 0.3 is 5.97 Å². The van der Waals surface area contributed by atoms with Crippen molar-refractivity contribution >= 4 is 5.97 Å². The van der Waals surface area contributed by atoms with Crippen molar-refractivity contribution in [3.05, 3.63) is 0 Å². The number of hydrogen-bond donors (Lipinski definition) is 1. The van der Waals surface area contributed by atoms with E-state index >= 15 is 0 Å². The van der Waals surface area contributed by atoms with Crippen LogP contribution in [0.1, 0.15) is 26.7 Å². The highest BCUT2D eigenvalue weighted by molar-refractivity contribution is 5.76. The van der Waals surface area contributed by atoms with E-state index in [-0.39, 0.29) is 12.0 Å². The van der Waals surface area contributed by atoms with Crippen LogP contribution in [0.5, 0.6) is 0 Å². The van der Waals surface area contributed by atoms with Crippen LogP contribution in [-0.4, -0.2) is 62.9 Å². The fourth-order valence-corrected chi connectivity index (χ4v) is 2.07. The fraction of sp³-hybridized carbons (Fsp3) is 0.923. The smallest absolute Gasteiger partial charge is 0.324 e. The summed E-state index contributed by atoms with van der Waals surface area (Å²) in [6, 6.07) is 0.556. The summed E-state index contributed by atoms with van der Waals surface area (Å²) in [7, 11) is 3.14. The predicted octanol–water partition coefficient (Wildman–Crippen LogP) is 0.637. The van der Waals surface area contributed by atoms with Crippen molar-refractivity contribution in [3.8, 4) is 0 Å². The molecule has 0 radical (unpaired) electrons. The van der Waals surface area contributed by atoms with E-state index in [0.29, 0.717) is 25.2 Å². The third kappa shape index (κ3) is 4.92. The molecule has 0 aromatic carbocycles. The monoisotopic (exact) mass is 258 g/mol. The van der Waals surface area contributed by atoms with Gasteiger partial charge in [0.1, 0.15) is 6.04 Å². The van der Waals surface area contributed by atoms with Crippen LogP contribution in [0.3, 0.4) is 0 Å². The summed E-state index contributed by atoms with van der Waals surface area (Å²) >= 11 is 0. The molecule has 0 amide bonds. The minimum Gasteiger partial charge on any atom is -0.468 e. The highest BCUT2D eigenvalue weighted by atomic mass is 16.5. The van der Waals surface area contributed by atoms with Crippen molar-refractivity contribution < 1.29 is 14.3 Å². The molecule has 1 aliphatic rings. The van der Waals surface area contributed by atoms with Crippen molar-refractivity contribution in [2.45, 2.75) is 44.8 Å². The molecule has 0 aromatic rings. The molecule has 0 spiro atoms. The Morgan fingerprint density at radius 3 is 2.56 bits per heavy atom. The second-order valence-electron chi connectivity index (χ2n) is 4.91. The Hall–Kier alpha value is -0.650. The Labute approximate surface area is 110 Å². The van der Waals surface area contributed by atoms with Gasteiger partial charge in [-0.25, -0.2) is 0 Å². The number of nitrogens with one attached hydrogen (secondary N) is 1. The van der Waals surface area contributed by atoms with Gasteiger partial charge in [-0.3, -0.25) is 9.69 Å². The quantitative estimate of drug-likeness (QED) is 0.615.